The Morgan fingerprint density at radius 2 is 1.96 bits per heavy atom. The monoisotopic (exact) mass is 340 g/mol. The van der Waals surface area contributed by atoms with Crippen LogP contribution in [0.15, 0.2) is 53.1 Å². The van der Waals surface area contributed by atoms with Crippen LogP contribution in [0.4, 0.5) is 10.3 Å². The molecule has 0 radical (unpaired) electrons. The summed E-state index contributed by atoms with van der Waals surface area (Å²) in [5.41, 5.74) is 2.58. The molecule has 3 aromatic rings. The second kappa shape index (κ2) is 7.17. The van der Waals surface area contributed by atoms with Gasteiger partial charge in [0.25, 0.3) is 5.91 Å². The number of aromatic nitrogens is 1. The highest BCUT2D eigenvalue weighted by Crippen LogP contribution is 2.23. The largest absolute Gasteiger partial charge is 0.497 e. The van der Waals surface area contributed by atoms with Crippen LogP contribution in [0.1, 0.15) is 22.8 Å². The molecule has 0 aliphatic rings. The number of benzene rings is 2. The van der Waals surface area contributed by atoms with E-state index in [1.165, 1.54) is 24.8 Å². The number of rotatable bonds is 5. The van der Waals surface area contributed by atoms with Crippen molar-refractivity contribution in [2.75, 3.05) is 12.4 Å². The third kappa shape index (κ3) is 3.68. The molecule has 0 aliphatic heterocycles. The number of aryl methyl sites for hydroxylation is 1. The number of hydrogen-bond acceptors (Lipinski definition) is 4. The number of methoxy groups -OCH3 is 1. The Bertz CT molecular complexity index is 888. The summed E-state index contributed by atoms with van der Waals surface area (Å²) in [5, 5.41) is 6.44. The minimum Gasteiger partial charge on any atom is -0.497 e. The molecular weight excluding hydrogens is 323 g/mol. The smallest absolute Gasteiger partial charge is 0.261 e. The standard InChI is InChI=1S/C19H17FN2O3/c1-3-12-4-6-13(7-5-12)17-11-18(25-22-17)21-19(23)15-9-8-14(24-2)10-16(15)20/h4-11H,3H2,1-2H3,(H,21,23). The van der Waals surface area contributed by atoms with Gasteiger partial charge in [-0.2, -0.15) is 0 Å². The lowest BCUT2D eigenvalue weighted by Crippen LogP contribution is -2.13. The van der Waals surface area contributed by atoms with Crippen LogP contribution in [0.25, 0.3) is 11.3 Å². The van der Waals surface area contributed by atoms with Gasteiger partial charge in [0.2, 0.25) is 5.88 Å². The molecule has 3 rings (SSSR count). The molecule has 0 aliphatic carbocycles. The maximum absolute atomic E-state index is 13.9. The molecule has 0 saturated heterocycles. The van der Waals surface area contributed by atoms with Crippen molar-refractivity contribution in [3.8, 4) is 17.0 Å². The predicted molar refractivity (Wildman–Crippen MR) is 92.2 cm³/mol. The van der Waals surface area contributed by atoms with E-state index in [9.17, 15) is 9.18 Å². The molecular formula is C19H17FN2O3. The van der Waals surface area contributed by atoms with Crippen LogP contribution < -0.4 is 10.1 Å². The van der Waals surface area contributed by atoms with Gasteiger partial charge in [-0.15, -0.1) is 0 Å². The zero-order valence-corrected chi connectivity index (χ0v) is 13.9. The summed E-state index contributed by atoms with van der Waals surface area (Å²) in [6.45, 7) is 2.08. The van der Waals surface area contributed by atoms with E-state index in [-0.39, 0.29) is 11.4 Å². The highest BCUT2D eigenvalue weighted by atomic mass is 19.1. The quantitative estimate of drug-likeness (QED) is 0.752. The van der Waals surface area contributed by atoms with Crippen molar-refractivity contribution >= 4 is 11.8 Å². The average Bonchev–Trinajstić information content (AvgIpc) is 3.10. The second-order valence-corrected chi connectivity index (χ2v) is 5.43. The van der Waals surface area contributed by atoms with E-state index in [2.05, 4.69) is 17.4 Å². The molecule has 1 aromatic heterocycles. The first-order valence-corrected chi connectivity index (χ1v) is 7.81. The Labute approximate surface area is 144 Å². The number of anilines is 1. The van der Waals surface area contributed by atoms with Crippen LogP contribution in [0.3, 0.4) is 0 Å². The molecule has 0 spiro atoms. The Kier molecular flexibility index (Phi) is 4.79. The summed E-state index contributed by atoms with van der Waals surface area (Å²) in [6, 6.07) is 13.5. The van der Waals surface area contributed by atoms with E-state index in [1.807, 2.05) is 24.3 Å². The number of halogens is 1. The lowest BCUT2D eigenvalue weighted by Gasteiger charge is -2.04. The van der Waals surface area contributed by atoms with Gasteiger partial charge in [0.1, 0.15) is 17.3 Å². The summed E-state index contributed by atoms with van der Waals surface area (Å²) in [6.07, 6.45) is 0.952. The summed E-state index contributed by atoms with van der Waals surface area (Å²) in [5.74, 6) is -0.808. The number of ether oxygens (including phenoxy) is 1. The van der Waals surface area contributed by atoms with Crippen LogP contribution >= 0.6 is 0 Å². The van der Waals surface area contributed by atoms with Crippen molar-refractivity contribution in [3.63, 3.8) is 0 Å². The molecule has 25 heavy (non-hydrogen) atoms. The summed E-state index contributed by atoms with van der Waals surface area (Å²) in [7, 11) is 1.43. The van der Waals surface area contributed by atoms with Gasteiger partial charge in [-0.05, 0) is 24.1 Å². The normalized spacial score (nSPS) is 10.5. The molecule has 1 heterocycles. The molecule has 5 nitrogen and oxygen atoms in total. The van der Waals surface area contributed by atoms with Crippen LogP contribution in [0, 0.1) is 5.82 Å². The van der Waals surface area contributed by atoms with Crippen molar-refractivity contribution in [1.29, 1.82) is 0 Å². The van der Waals surface area contributed by atoms with Crippen molar-refractivity contribution in [2.45, 2.75) is 13.3 Å². The molecule has 6 heteroatoms. The van der Waals surface area contributed by atoms with Gasteiger partial charge in [-0.25, -0.2) is 4.39 Å². The predicted octanol–water partition coefficient (Wildman–Crippen LogP) is 4.30. The van der Waals surface area contributed by atoms with E-state index in [0.29, 0.717) is 11.4 Å². The number of carbonyl (C=O) groups is 1. The highest BCUT2D eigenvalue weighted by Gasteiger charge is 2.15. The van der Waals surface area contributed by atoms with Gasteiger partial charge in [0.15, 0.2) is 0 Å². The van der Waals surface area contributed by atoms with Crippen molar-refractivity contribution in [3.05, 3.63) is 65.5 Å². The third-order valence-electron chi connectivity index (χ3n) is 3.83. The second-order valence-electron chi connectivity index (χ2n) is 5.43. The zero-order valence-electron chi connectivity index (χ0n) is 13.9. The van der Waals surface area contributed by atoms with E-state index in [4.69, 9.17) is 9.26 Å². The number of carbonyl (C=O) groups excluding carboxylic acids is 1. The Morgan fingerprint density at radius 1 is 1.20 bits per heavy atom. The maximum atomic E-state index is 13.9. The van der Waals surface area contributed by atoms with E-state index in [0.717, 1.165) is 18.1 Å². The molecule has 2 aromatic carbocycles. The SMILES string of the molecule is CCc1ccc(-c2cc(NC(=O)c3ccc(OC)cc3F)on2)cc1. The summed E-state index contributed by atoms with van der Waals surface area (Å²) in [4.78, 5) is 12.2. The van der Waals surface area contributed by atoms with Gasteiger partial charge in [0.05, 0.1) is 12.7 Å². The van der Waals surface area contributed by atoms with Crippen LogP contribution in [0.2, 0.25) is 0 Å². The molecule has 0 bridgehead atoms. The fraction of sp³-hybridized carbons (Fsp3) is 0.158. The summed E-state index contributed by atoms with van der Waals surface area (Å²) < 4.78 is 24.0. The van der Waals surface area contributed by atoms with Gasteiger partial charge in [0, 0.05) is 17.7 Å². The number of amides is 1. The topological polar surface area (TPSA) is 64.4 Å². The molecule has 1 amide bonds. The Balaban J connectivity index is 1.75. The number of nitrogens with zero attached hydrogens (tertiary/aromatic N) is 1. The first kappa shape index (κ1) is 16.7. The Hall–Kier alpha value is -3.15. The average molecular weight is 340 g/mol. The molecule has 0 saturated carbocycles. The minimum atomic E-state index is -0.674. The zero-order chi connectivity index (χ0) is 17.8. The molecule has 1 N–H and O–H groups in total. The van der Waals surface area contributed by atoms with Gasteiger partial charge in [-0.3, -0.25) is 10.1 Å². The van der Waals surface area contributed by atoms with Crippen molar-refractivity contribution in [1.82, 2.24) is 5.16 Å². The summed E-state index contributed by atoms with van der Waals surface area (Å²) >= 11 is 0. The van der Waals surface area contributed by atoms with Crippen LogP contribution in [-0.2, 0) is 6.42 Å². The van der Waals surface area contributed by atoms with Crippen LogP contribution in [-0.4, -0.2) is 18.2 Å². The van der Waals surface area contributed by atoms with Crippen LogP contribution in [0.5, 0.6) is 5.75 Å². The molecule has 0 unspecified atom stereocenters. The fourth-order valence-corrected chi connectivity index (χ4v) is 2.37. The Morgan fingerprint density at radius 3 is 2.60 bits per heavy atom. The van der Waals surface area contributed by atoms with Gasteiger partial charge >= 0.3 is 0 Å². The lowest BCUT2D eigenvalue weighted by molar-refractivity contribution is 0.102. The maximum Gasteiger partial charge on any atom is 0.261 e. The van der Waals surface area contributed by atoms with Crippen molar-refractivity contribution in [2.24, 2.45) is 0 Å². The number of nitrogens with one attached hydrogen (secondary N) is 1. The van der Waals surface area contributed by atoms with E-state index < -0.39 is 11.7 Å². The van der Waals surface area contributed by atoms with Gasteiger partial charge < -0.3 is 9.26 Å². The number of hydrogen-bond donors (Lipinski definition) is 1. The molecule has 0 atom stereocenters. The third-order valence-corrected chi connectivity index (χ3v) is 3.83. The molecule has 128 valence electrons. The first-order chi connectivity index (χ1) is 12.1. The fourth-order valence-electron chi connectivity index (χ4n) is 2.37. The van der Waals surface area contributed by atoms with E-state index in [1.54, 1.807) is 6.07 Å². The first-order valence-electron chi connectivity index (χ1n) is 7.81. The molecule has 0 fully saturated rings. The van der Waals surface area contributed by atoms with Crippen molar-refractivity contribution < 1.29 is 18.4 Å². The van der Waals surface area contributed by atoms with Gasteiger partial charge in [-0.1, -0.05) is 36.3 Å². The highest BCUT2D eigenvalue weighted by molar-refractivity contribution is 6.04. The minimum absolute atomic E-state index is 0.106. The lowest BCUT2D eigenvalue weighted by atomic mass is 10.1. The van der Waals surface area contributed by atoms with E-state index >= 15 is 0 Å².